The molecule has 0 saturated carbocycles. The Kier molecular flexibility index (Phi) is 5.14. The normalized spacial score (nSPS) is 16.4. The van der Waals surface area contributed by atoms with Gasteiger partial charge in [0.1, 0.15) is 6.04 Å². The van der Waals surface area contributed by atoms with Gasteiger partial charge in [0.2, 0.25) is 0 Å². The monoisotopic (exact) mass is 338 g/mol. The van der Waals surface area contributed by atoms with E-state index < -0.39 is 5.97 Å². The number of carbonyl (C=O) groups excluding carboxylic acids is 2. The molecule has 5 nitrogen and oxygen atoms in total. The van der Waals surface area contributed by atoms with Crippen LogP contribution in [0, 0.1) is 0 Å². The number of hydrogen-bond acceptors (Lipinski definition) is 3. The fraction of sp³-hybridized carbons (Fsp3) is 0.300. The number of benzene rings is 2. The zero-order chi connectivity index (χ0) is 17.8. The van der Waals surface area contributed by atoms with Gasteiger partial charge in [0.25, 0.3) is 5.91 Å². The SMILES string of the molecule is C[C@H](c1ccccc1)[NH+]1CCN(C(=O)c2cccc(C(=O)[O-])c2)CC1. The van der Waals surface area contributed by atoms with Crippen LogP contribution in [0.5, 0.6) is 0 Å². The molecule has 5 heteroatoms. The van der Waals surface area contributed by atoms with Crippen LogP contribution in [0.15, 0.2) is 54.6 Å². The molecule has 0 bridgehead atoms. The van der Waals surface area contributed by atoms with Crippen molar-refractivity contribution in [1.82, 2.24) is 4.90 Å². The van der Waals surface area contributed by atoms with Crippen molar-refractivity contribution in [3.63, 3.8) is 0 Å². The van der Waals surface area contributed by atoms with Crippen molar-refractivity contribution in [1.29, 1.82) is 0 Å². The second-order valence-electron chi connectivity index (χ2n) is 6.45. The number of nitrogens with zero attached hydrogens (tertiary/aromatic N) is 1. The molecule has 1 N–H and O–H groups in total. The number of carboxylic acids is 1. The first kappa shape index (κ1) is 17.2. The minimum absolute atomic E-state index is 0.0350. The lowest BCUT2D eigenvalue weighted by Crippen LogP contribution is -3.14. The zero-order valence-corrected chi connectivity index (χ0v) is 14.3. The number of rotatable bonds is 4. The summed E-state index contributed by atoms with van der Waals surface area (Å²) in [6, 6.07) is 16.9. The Hall–Kier alpha value is -2.66. The van der Waals surface area contributed by atoms with Crippen LogP contribution in [0.25, 0.3) is 0 Å². The Labute approximate surface area is 147 Å². The van der Waals surface area contributed by atoms with E-state index in [0.717, 1.165) is 13.1 Å². The van der Waals surface area contributed by atoms with E-state index >= 15 is 0 Å². The Bertz CT molecular complexity index is 753. The van der Waals surface area contributed by atoms with Gasteiger partial charge in [-0.2, -0.15) is 0 Å². The first-order valence-electron chi connectivity index (χ1n) is 8.56. The maximum Gasteiger partial charge on any atom is 0.254 e. The van der Waals surface area contributed by atoms with E-state index in [4.69, 9.17) is 0 Å². The van der Waals surface area contributed by atoms with Gasteiger partial charge in [0, 0.05) is 11.1 Å². The average Bonchev–Trinajstić information content (AvgIpc) is 2.67. The minimum Gasteiger partial charge on any atom is -0.545 e. The molecule has 0 spiro atoms. The van der Waals surface area contributed by atoms with E-state index in [1.807, 2.05) is 6.07 Å². The van der Waals surface area contributed by atoms with E-state index in [2.05, 4.69) is 31.2 Å². The maximum absolute atomic E-state index is 12.6. The molecule has 0 unspecified atom stereocenters. The smallest absolute Gasteiger partial charge is 0.254 e. The van der Waals surface area contributed by atoms with Gasteiger partial charge in [-0.15, -0.1) is 0 Å². The molecule has 0 radical (unpaired) electrons. The molecule has 0 aromatic heterocycles. The molecule has 1 atom stereocenters. The molecular formula is C20H22N2O3. The van der Waals surface area contributed by atoms with Gasteiger partial charge in [-0.1, -0.05) is 42.5 Å². The van der Waals surface area contributed by atoms with Crippen molar-refractivity contribution in [3.05, 3.63) is 71.3 Å². The lowest BCUT2D eigenvalue weighted by molar-refractivity contribution is -0.933. The molecular weight excluding hydrogens is 316 g/mol. The Morgan fingerprint density at radius 1 is 1.00 bits per heavy atom. The van der Waals surface area contributed by atoms with Gasteiger partial charge in [-0.3, -0.25) is 4.79 Å². The van der Waals surface area contributed by atoms with Crippen LogP contribution in [-0.4, -0.2) is 43.0 Å². The second kappa shape index (κ2) is 7.49. The highest BCUT2D eigenvalue weighted by molar-refractivity contribution is 5.97. The van der Waals surface area contributed by atoms with Crippen molar-refractivity contribution in [2.24, 2.45) is 0 Å². The molecule has 1 amide bonds. The molecule has 1 saturated heterocycles. The standard InChI is InChI=1S/C20H22N2O3/c1-15(16-6-3-2-4-7-16)21-10-12-22(13-11-21)19(23)17-8-5-9-18(14-17)20(24)25/h2-9,14-15H,10-13H2,1H3,(H,24,25)/t15-/m1/s1. The van der Waals surface area contributed by atoms with Crippen LogP contribution in [0.2, 0.25) is 0 Å². The highest BCUT2D eigenvalue weighted by Crippen LogP contribution is 2.11. The topological polar surface area (TPSA) is 64.9 Å². The molecule has 1 aliphatic rings. The van der Waals surface area contributed by atoms with Crippen molar-refractivity contribution in [2.45, 2.75) is 13.0 Å². The summed E-state index contributed by atoms with van der Waals surface area (Å²) in [6.07, 6.45) is 0. The fourth-order valence-corrected chi connectivity index (χ4v) is 3.37. The largest absolute Gasteiger partial charge is 0.545 e. The average molecular weight is 338 g/mol. The molecule has 130 valence electrons. The molecule has 1 heterocycles. The van der Waals surface area contributed by atoms with Gasteiger partial charge in [0.15, 0.2) is 0 Å². The number of amides is 1. The lowest BCUT2D eigenvalue weighted by atomic mass is 10.1. The second-order valence-corrected chi connectivity index (χ2v) is 6.45. The van der Waals surface area contributed by atoms with Crippen LogP contribution in [0.1, 0.15) is 39.2 Å². The molecule has 1 fully saturated rings. The van der Waals surface area contributed by atoms with Crippen LogP contribution in [0.3, 0.4) is 0 Å². The highest BCUT2D eigenvalue weighted by Gasteiger charge is 2.28. The first-order chi connectivity index (χ1) is 12.1. The third kappa shape index (κ3) is 3.88. The van der Waals surface area contributed by atoms with E-state index in [-0.39, 0.29) is 11.5 Å². The van der Waals surface area contributed by atoms with Gasteiger partial charge in [-0.05, 0) is 24.6 Å². The fourth-order valence-electron chi connectivity index (χ4n) is 3.37. The Balaban J connectivity index is 1.63. The summed E-state index contributed by atoms with van der Waals surface area (Å²) >= 11 is 0. The van der Waals surface area contributed by atoms with E-state index in [9.17, 15) is 14.7 Å². The predicted octanol–water partition coefficient (Wildman–Crippen LogP) is 0.152. The summed E-state index contributed by atoms with van der Waals surface area (Å²) in [5.41, 5.74) is 1.74. The summed E-state index contributed by atoms with van der Waals surface area (Å²) < 4.78 is 0. The molecule has 25 heavy (non-hydrogen) atoms. The summed E-state index contributed by atoms with van der Waals surface area (Å²) in [6.45, 7) is 5.30. The molecule has 3 rings (SSSR count). The summed E-state index contributed by atoms with van der Waals surface area (Å²) in [4.78, 5) is 26.8. The van der Waals surface area contributed by atoms with E-state index in [1.54, 1.807) is 17.0 Å². The number of hydrogen-bond donors (Lipinski definition) is 1. The number of piperazine rings is 1. The molecule has 2 aromatic carbocycles. The number of quaternary nitrogens is 1. The first-order valence-corrected chi connectivity index (χ1v) is 8.56. The zero-order valence-electron chi connectivity index (χ0n) is 14.3. The van der Waals surface area contributed by atoms with Gasteiger partial charge < -0.3 is 19.7 Å². The summed E-state index contributed by atoms with van der Waals surface area (Å²) in [5.74, 6) is -1.38. The third-order valence-electron chi connectivity index (χ3n) is 4.95. The van der Waals surface area contributed by atoms with Crippen LogP contribution >= 0.6 is 0 Å². The van der Waals surface area contributed by atoms with Crippen molar-refractivity contribution >= 4 is 11.9 Å². The van der Waals surface area contributed by atoms with Crippen molar-refractivity contribution in [3.8, 4) is 0 Å². The number of carboxylic acid groups (broad SMARTS) is 1. The van der Waals surface area contributed by atoms with Crippen molar-refractivity contribution in [2.75, 3.05) is 26.2 Å². The van der Waals surface area contributed by atoms with E-state index in [1.165, 1.54) is 22.6 Å². The molecule has 0 aliphatic carbocycles. The molecule has 1 aliphatic heterocycles. The quantitative estimate of drug-likeness (QED) is 0.863. The number of nitrogens with one attached hydrogen (secondary N) is 1. The van der Waals surface area contributed by atoms with Gasteiger partial charge in [0.05, 0.1) is 32.1 Å². The highest BCUT2D eigenvalue weighted by atomic mass is 16.4. The summed E-state index contributed by atoms with van der Waals surface area (Å²) in [5, 5.41) is 11.0. The maximum atomic E-state index is 12.6. The van der Waals surface area contributed by atoms with Gasteiger partial charge >= 0.3 is 0 Å². The van der Waals surface area contributed by atoms with Crippen LogP contribution in [-0.2, 0) is 0 Å². The predicted molar refractivity (Wildman–Crippen MR) is 92.2 cm³/mol. The third-order valence-corrected chi connectivity index (χ3v) is 4.95. The molecule has 2 aromatic rings. The van der Waals surface area contributed by atoms with Gasteiger partial charge in [-0.25, -0.2) is 0 Å². The summed E-state index contributed by atoms with van der Waals surface area (Å²) in [7, 11) is 0. The number of carbonyl (C=O) groups is 2. The number of aromatic carboxylic acids is 1. The Morgan fingerprint density at radius 2 is 1.64 bits per heavy atom. The van der Waals surface area contributed by atoms with Crippen molar-refractivity contribution < 1.29 is 19.6 Å². The lowest BCUT2D eigenvalue weighted by Gasteiger charge is -2.35. The minimum atomic E-state index is -1.26. The Morgan fingerprint density at radius 3 is 2.28 bits per heavy atom. The van der Waals surface area contributed by atoms with Crippen LogP contribution < -0.4 is 10.0 Å². The van der Waals surface area contributed by atoms with Crippen LogP contribution in [0.4, 0.5) is 0 Å². The van der Waals surface area contributed by atoms with E-state index in [0.29, 0.717) is 24.7 Å².